The Balaban J connectivity index is 1.51. The van der Waals surface area contributed by atoms with Gasteiger partial charge in [0.2, 0.25) is 10.0 Å². The van der Waals surface area contributed by atoms with Gasteiger partial charge in [-0.1, -0.05) is 43.8 Å². The summed E-state index contributed by atoms with van der Waals surface area (Å²) in [6.45, 7) is 6.87. The Labute approximate surface area is 200 Å². The number of aromatic nitrogens is 3. The maximum atomic E-state index is 13.2. The van der Waals surface area contributed by atoms with E-state index in [1.165, 1.54) is 16.4 Å². The summed E-state index contributed by atoms with van der Waals surface area (Å²) in [5, 5.41) is 10.9. The minimum absolute atomic E-state index is 0.162. The number of piperidine rings is 1. The van der Waals surface area contributed by atoms with Crippen molar-refractivity contribution in [2.24, 2.45) is 5.92 Å². The van der Waals surface area contributed by atoms with Crippen LogP contribution in [0.2, 0.25) is 0 Å². The monoisotopic (exact) mass is 485 g/mol. The molecule has 0 radical (unpaired) electrons. The molecule has 1 atom stereocenters. The molecule has 1 aliphatic rings. The number of rotatable bonds is 8. The number of carbonyl (C=O) groups excluding carboxylic acids is 1. The number of benzene rings is 2. The molecule has 1 saturated heterocycles. The standard InChI is InChI=1S/C24H31N5O4S/c1-4-18-9-6-10-19(5-2)24(18)25-23(30)16-33-29-22-14-20(11-12-21(22)26-27-29)34(31,32)28-13-7-8-17(3)15-28/h6,9-12,14,17H,4-5,7-8,13,15-16H2,1-3H3,(H,25,30). The van der Waals surface area contributed by atoms with Crippen molar-refractivity contribution in [3.63, 3.8) is 0 Å². The van der Waals surface area contributed by atoms with Gasteiger partial charge in [0, 0.05) is 18.8 Å². The lowest BCUT2D eigenvalue weighted by molar-refractivity contribution is -0.121. The molecule has 4 rings (SSSR count). The molecule has 1 amide bonds. The molecular formula is C24H31N5O4S. The molecule has 34 heavy (non-hydrogen) atoms. The second-order valence-electron chi connectivity index (χ2n) is 8.70. The number of para-hydroxylation sites is 1. The van der Waals surface area contributed by atoms with Gasteiger partial charge in [0.1, 0.15) is 11.0 Å². The normalized spacial score (nSPS) is 17.1. The largest absolute Gasteiger partial charge is 0.385 e. The van der Waals surface area contributed by atoms with Crippen molar-refractivity contribution in [1.29, 1.82) is 0 Å². The van der Waals surface area contributed by atoms with Crippen LogP contribution in [0.5, 0.6) is 0 Å². The molecule has 1 N–H and O–H groups in total. The third kappa shape index (κ3) is 4.92. The Bertz CT molecular complexity index is 1270. The minimum atomic E-state index is -3.64. The quantitative estimate of drug-likeness (QED) is 0.526. The molecule has 3 aromatic rings. The van der Waals surface area contributed by atoms with Gasteiger partial charge >= 0.3 is 0 Å². The summed E-state index contributed by atoms with van der Waals surface area (Å²) in [6.07, 6.45) is 3.47. The smallest absolute Gasteiger partial charge is 0.265 e. The number of aryl methyl sites for hydroxylation is 2. The van der Waals surface area contributed by atoms with Gasteiger partial charge in [-0.05, 0) is 66.1 Å². The Kier molecular flexibility index (Phi) is 7.18. The molecule has 182 valence electrons. The number of nitrogens with zero attached hydrogens (tertiary/aromatic N) is 4. The first-order valence-corrected chi connectivity index (χ1v) is 13.2. The zero-order valence-corrected chi connectivity index (χ0v) is 20.6. The average molecular weight is 486 g/mol. The molecular weight excluding hydrogens is 454 g/mol. The van der Waals surface area contributed by atoms with Crippen LogP contribution in [0.4, 0.5) is 5.69 Å². The number of fused-ring (bicyclic) bond motifs is 1. The van der Waals surface area contributed by atoms with Gasteiger partial charge in [-0.15, -0.1) is 5.10 Å². The average Bonchev–Trinajstić information content (AvgIpc) is 3.25. The predicted octanol–water partition coefficient (Wildman–Crippen LogP) is 3.04. The highest BCUT2D eigenvalue weighted by molar-refractivity contribution is 7.89. The minimum Gasteiger partial charge on any atom is -0.385 e. The lowest BCUT2D eigenvalue weighted by Crippen LogP contribution is -2.39. The second kappa shape index (κ2) is 10.1. The summed E-state index contributed by atoms with van der Waals surface area (Å²) in [5.41, 5.74) is 3.80. The lowest BCUT2D eigenvalue weighted by Gasteiger charge is -2.30. The van der Waals surface area contributed by atoms with Crippen LogP contribution >= 0.6 is 0 Å². The van der Waals surface area contributed by atoms with Gasteiger partial charge in [0.15, 0.2) is 6.61 Å². The molecule has 0 saturated carbocycles. The van der Waals surface area contributed by atoms with Crippen LogP contribution in [0.25, 0.3) is 11.0 Å². The molecule has 0 aliphatic carbocycles. The highest BCUT2D eigenvalue weighted by atomic mass is 32.2. The Hall–Kier alpha value is -2.98. The van der Waals surface area contributed by atoms with Gasteiger partial charge < -0.3 is 10.2 Å². The van der Waals surface area contributed by atoms with Gasteiger partial charge in [-0.3, -0.25) is 4.79 Å². The number of carbonyl (C=O) groups is 1. The zero-order chi connectivity index (χ0) is 24.3. The van der Waals surface area contributed by atoms with E-state index in [2.05, 4.69) is 22.6 Å². The molecule has 9 nitrogen and oxygen atoms in total. The maximum absolute atomic E-state index is 13.2. The van der Waals surface area contributed by atoms with Crippen molar-refractivity contribution >= 4 is 32.7 Å². The van der Waals surface area contributed by atoms with Crippen LogP contribution < -0.4 is 10.2 Å². The van der Waals surface area contributed by atoms with Crippen LogP contribution in [-0.4, -0.2) is 53.5 Å². The molecule has 10 heteroatoms. The molecule has 0 bridgehead atoms. The predicted molar refractivity (Wildman–Crippen MR) is 130 cm³/mol. The number of anilines is 1. The number of hydrogen-bond donors (Lipinski definition) is 1. The van der Waals surface area contributed by atoms with Crippen molar-refractivity contribution in [3.05, 3.63) is 47.5 Å². The molecule has 1 fully saturated rings. The Morgan fingerprint density at radius 3 is 2.59 bits per heavy atom. The summed E-state index contributed by atoms with van der Waals surface area (Å²) in [7, 11) is -3.64. The van der Waals surface area contributed by atoms with Crippen LogP contribution in [0.1, 0.15) is 44.7 Å². The molecule has 0 spiro atoms. The summed E-state index contributed by atoms with van der Waals surface area (Å²) in [4.78, 5) is 19.5. The summed E-state index contributed by atoms with van der Waals surface area (Å²) in [5.74, 6) is -0.00214. The van der Waals surface area contributed by atoms with Crippen LogP contribution in [0.3, 0.4) is 0 Å². The zero-order valence-electron chi connectivity index (χ0n) is 19.8. The molecule has 1 aliphatic heterocycles. The van der Waals surface area contributed by atoms with Crippen LogP contribution in [0.15, 0.2) is 41.3 Å². The van der Waals surface area contributed by atoms with E-state index < -0.39 is 10.0 Å². The fourth-order valence-electron chi connectivity index (χ4n) is 4.35. The molecule has 2 heterocycles. The van der Waals surface area contributed by atoms with Crippen LogP contribution in [-0.2, 0) is 27.7 Å². The first-order chi connectivity index (χ1) is 16.3. The number of sulfonamides is 1. The second-order valence-corrected chi connectivity index (χ2v) is 10.6. The number of amides is 1. The molecule has 1 unspecified atom stereocenters. The molecule has 2 aromatic carbocycles. The Morgan fingerprint density at radius 2 is 1.91 bits per heavy atom. The summed E-state index contributed by atoms with van der Waals surface area (Å²) < 4.78 is 27.9. The summed E-state index contributed by atoms with van der Waals surface area (Å²) in [6, 6.07) is 10.6. The topological polar surface area (TPSA) is 106 Å². The fraction of sp³-hybridized carbons (Fsp3) is 0.458. The SMILES string of the molecule is CCc1cccc(CC)c1NC(=O)COn1nnc2ccc(S(=O)(=O)N3CCCC(C)C3)cc21. The Morgan fingerprint density at radius 1 is 1.18 bits per heavy atom. The van der Waals surface area contributed by atoms with Crippen molar-refractivity contribution in [1.82, 2.24) is 19.5 Å². The van der Waals surface area contributed by atoms with Crippen LogP contribution in [0, 0.1) is 5.92 Å². The third-order valence-corrected chi connectivity index (χ3v) is 8.09. The van der Waals surface area contributed by atoms with E-state index in [1.807, 2.05) is 32.0 Å². The third-order valence-electron chi connectivity index (χ3n) is 6.23. The highest BCUT2D eigenvalue weighted by Gasteiger charge is 2.29. The fourth-order valence-corrected chi connectivity index (χ4v) is 5.96. The lowest BCUT2D eigenvalue weighted by atomic mass is 10.0. The van der Waals surface area contributed by atoms with E-state index >= 15 is 0 Å². The number of nitrogens with one attached hydrogen (secondary N) is 1. The van der Waals surface area contributed by atoms with E-state index in [0.29, 0.717) is 30.0 Å². The molecule has 1 aromatic heterocycles. The first-order valence-electron chi connectivity index (χ1n) is 11.7. The van der Waals surface area contributed by atoms with Gasteiger partial charge in [-0.25, -0.2) is 8.42 Å². The van der Waals surface area contributed by atoms with Crippen molar-refractivity contribution in [3.8, 4) is 0 Å². The van der Waals surface area contributed by atoms with E-state index in [9.17, 15) is 13.2 Å². The van der Waals surface area contributed by atoms with Crippen molar-refractivity contribution in [2.75, 3.05) is 25.0 Å². The van der Waals surface area contributed by atoms with Gasteiger partial charge in [0.25, 0.3) is 5.91 Å². The summed E-state index contributed by atoms with van der Waals surface area (Å²) >= 11 is 0. The van der Waals surface area contributed by atoms with Crippen molar-refractivity contribution < 1.29 is 18.0 Å². The maximum Gasteiger partial charge on any atom is 0.265 e. The van der Waals surface area contributed by atoms with Crippen molar-refractivity contribution in [2.45, 2.75) is 51.3 Å². The van der Waals surface area contributed by atoms with Gasteiger partial charge in [0.05, 0.1) is 4.90 Å². The first kappa shape index (κ1) is 24.2. The number of hydrogen-bond acceptors (Lipinski definition) is 6. The highest BCUT2D eigenvalue weighted by Crippen LogP contribution is 2.26. The van der Waals surface area contributed by atoms with Gasteiger partial charge in [-0.2, -0.15) is 4.31 Å². The van der Waals surface area contributed by atoms with E-state index in [4.69, 9.17) is 4.84 Å². The van der Waals surface area contributed by atoms with E-state index in [0.717, 1.165) is 47.3 Å². The van der Waals surface area contributed by atoms with E-state index in [-0.39, 0.29) is 17.4 Å². The van der Waals surface area contributed by atoms with E-state index in [1.54, 1.807) is 6.07 Å².